The first-order chi connectivity index (χ1) is 11.3. The van der Waals surface area contributed by atoms with Crippen molar-refractivity contribution in [1.82, 2.24) is 10.3 Å². The quantitative estimate of drug-likeness (QED) is 0.735. The van der Waals surface area contributed by atoms with Crippen molar-refractivity contribution in [2.24, 2.45) is 5.92 Å². The Labute approximate surface area is 135 Å². The molecule has 1 amide bonds. The van der Waals surface area contributed by atoms with E-state index in [4.69, 9.17) is 5.11 Å². The van der Waals surface area contributed by atoms with Crippen molar-refractivity contribution in [3.8, 4) is 0 Å². The molecule has 3 rings (SSSR count). The predicted molar refractivity (Wildman–Crippen MR) is 89.6 cm³/mol. The lowest BCUT2D eigenvalue weighted by Crippen LogP contribution is -2.37. The van der Waals surface area contributed by atoms with E-state index in [0.29, 0.717) is 17.9 Å². The number of nitrogens with zero attached hydrogens (tertiary/aromatic N) is 1. The summed E-state index contributed by atoms with van der Waals surface area (Å²) in [5.41, 5.74) is 2.50. The molecular formula is C18H21N3O2. The van der Waals surface area contributed by atoms with E-state index in [0.717, 1.165) is 24.2 Å². The van der Waals surface area contributed by atoms with Crippen molar-refractivity contribution in [2.45, 2.75) is 25.3 Å². The smallest absolute Gasteiger partial charge is 0.251 e. The van der Waals surface area contributed by atoms with Gasteiger partial charge in [0.25, 0.3) is 5.91 Å². The summed E-state index contributed by atoms with van der Waals surface area (Å²) in [6.45, 7) is 0.107. The lowest BCUT2D eigenvalue weighted by atomic mass is 10.1. The predicted octanol–water partition coefficient (Wildman–Crippen LogP) is 2.72. The van der Waals surface area contributed by atoms with Gasteiger partial charge in [-0.25, -0.2) is 0 Å². The van der Waals surface area contributed by atoms with Gasteiger partial charge in [0.2, 0.25) is 0 Å². The molecule has 3 N–H and O–H groups in total. The molecule has 1 aromatic carbocycles. The van der Waals surface area contributed by atoms with E-state index in [2.05, 4.69) is 15.6 Å². The Morgan fingerprint density at radius 2 is 1.78 bits per heavy atom. The number of benzene rings is 1. The first kappa shape index (κ1) is 15.5. The highest BCUT2D eigenvalue weighted by atomic mass is 16.3. The van der Waals surface area contributed by atoms with Crippen molar-refractivity contribution in [3.63, 3.8) is 0 Å². The molecule has 0 aliphatic heterocycles. The fourth-order valence-corrected chi connectivity index (χ4v) is 2.62. The van der Waals surface area contributed by atoms with Crippen LogP contribution in [0.25, 0.3) is 0 Å². The maximum absolute atomic E-state index is 12.3. The number of aliphatic hydroxyl groups excluding tert-OH is 1. The van der Waals surface area contributed by atoms with Crippen molar-refractivity contribution >= 4 is 17.3 Å². The third-order valence-corrected chi connectivity index (χ3v) is 4.06. The monoisotopic (exact) mass is 311 g/mol. The van der Waals surface area contributed by atoms with Gasteiger partial charge >= 0.3 is 0 Å². The van der Waals surface area contributed by atoms with Crippen molar-refractivity contribution in [1.29, 1.82) is 0 Å². The summed E-state index contributed by atoms with van der Waals surface area (Å²) in [4.78, 5) is 16.3. The van der Waals surface area contributed by atoms with Crippen molar-refractivity contribution in [3.05, 3.63) is 54.4 Å². The van der Waals surface area contributed by atoms with Gasteiger partial charge in [-0.05, 0) is 61.6 Å². The maximum Gasteiger partial charge on any atom is 0.251 e. The van der Waals surface area contributed by atoms with E-state index in [-0.39, 0.29) is 18.6 Å². The van der Waals surface area contributed by atoms with Crippen LogP contribution in [0.3, 0.4) is 0 Å². The van der Waals surface area contributed by atoms with Gasteiger partial charge in [0.05, 0.1) is 0 Å². The average molecular weight is 311 g/mol. The molecule has 1 atom stereocenters. The molecule has 1 saturated carbocycles. The van der Waals surface area contributed by atoms with Gasteiger partial charge < -0.3 is 15.7 Å². The fourth-order valence-electron chi connectivity index (χ4n) is 2.62. The van der Waals surface area contributed by atoms with Gasteiger partial charge in [-0.3, -0.25) is 9.78 Å². The van der Waals surface area contributed by atoms with Gasteiger partial charge in [0.15, 0.2) is 0 Å². The summed E-state index contributed by atoms with van der Waals surface area (Å²) in [7, 11) is 0. The molecule has 23 heavy (non-hydrogen) atoms. The molecule has 1 aliphatic carbocycles. The molecule has 5 nitrogen and oxygen atoms in total. The summed E-state index contributed by atoms with van der Waals surface area (Å²) >= 11 is 0. The Morgan fingerprint density at radius 3 is 2.39 bits per heavy atom. The zero-order chi connectivity index (χ0) is 16.1. The zero-order valence-electron chi connectivity index (χ0n) is 12.9. The highest BCUT2D eigenvalue weighted by Gasteiger charge is 2.31. The lowest BCUT2D eigenvalue weighted by Gasteiger charge is -2.17. The second kappa shape index (κ2) is 7.24. The Kier molecular flexibility index (Phi) is 4.88. The number of amides is 1. The molecule has 0 radical (unpaired) electrons. The minimum Gasteiger partial charge on any atom is -0.396 e. The van der Waals surface area contributed by atoms with Crippen LogP contribution < -0.4 is 10.6 Å². The number of aliphatic hydroxyl groups is 1. The molecule has 1 heterocycles. The highest BCUT2D eigenvalue weighted by molar-refractivity contribution is 5.94. The molecule has 1 aliphatic rings. The zero-order valence-corrected chi connectivity index (χ0v) is 12.9. The van der Waals surface area contributed by atoms with Gasteiger partial charge in [-0.15, -0.1) is 0 Å². The molecule has 120 valence electrons. The number of hydrogen-bond acceptors (Lipinski definition) is 4. The number of anilines is 2. The number of pyridine rings is 1. The van der Waals surface area contributed by atoms with Crippen LogP contribution in [0.1, 0.15) is 29.6 Å². The molecule has 1 aromatic heterocycles. The second-order valence-electron chi connectivity index (χ2n) is 5.87. The number of rotatable bonds is 7. The van der Waals surface area contributed by atoms with E-state index in [1.807, 2.05) is 36.4 Å². The molecule has 1 unspecified atom stereocenters. The summed E-state index contributed by atoms with van der Waals surface area (Å²) in [6.07, 6.45) is 6.35. The number of hydrogen-bond donors (Lipinski definition) is 3. The van der Waals surface area contributed by atoms with E-state index < -0.39 is 0 Å². The molecule has 0 saturated heterocycles. The van der Waals surface area contributed by atoms with Crippen LogP contribution in [0.15, 0.2) is 48.8 Å². The summed E-state index contributed by atoms with van der Waals surface area (Å²) < 4.78 is 0. The minimum absolute atomic E-state index is 0.0780. The van der Waals surface area contributed by atoms with Crippen molar-refractivity contribution < 1.29 is 9.90 Å². The molecule has 0 bridgehead atoms. The van der Waals surface area contributed by atoms with Gasteiger partial charge in [0.1, 0.15) is 0 Å². The van der Waals surface area contributed by atoms with Crippen LogP contribution in [-0.2, 0) is 0 Å². The van der Waals surface area contributed by atoms with Crippen LogP contribution in [0.5, 0.6) is 0 Å². The second-order valence-corrected chi connectivity index (χ2v) is 5.87. The molecule has 2 aromatic rings. The SMILES string of the molecule is O=C(NC(CCO)C1CC1)c1ccc(Nc2ccncc2)cc1. The van der Waals surface area contributed by atoms with Gasteiger partial charge in [-0.2, -0.15) is 0 Å². The summed E-state index contributed by atoms with van der Waals surface area (Å²) in [5.74, 6) is 0.449. The third kappa shape index (κ3) is 4.29. The molecule has 1 fully saturated rings. The topological polar surface area (TPSA) is 74.2 Å². The van der Waals surface area contributed by atoms with Crippen molar-refractivity contribution in [2.75, 3.05) is 11.9 Å². The van der Waals surface area contributed by atoms with Gasteiger partial charge in [-0.1, -0.05) is 0 Å². The van der Waals surface area contributed by atoms with E-state index in [9.17, 15) is 4.79 Å². The first-order valence-corrected chi connectivity index (χ1v) is 7.95. The van der Waals surface area contributed by atoms with Crippen LogP contribution >= 0.6 is 0 Å². The third-order valence-electron chi connectivity index (χ3n) is 4.06. The Hall–Kier alpha value is -2.40. The Bertz CT molecular complexity index is 639. The number of aromatic nitrogens is 1. The van der Waals surface area contributed by atoms with Crippen LogP contribution in [0.2, 0.25) is 0 Å². The fraction of sp³-hybridized carbons (Fsp3) is 0.333. The van der Waals surface area contributed by atoms with Crippen LogP contribution in [-0.4, -0.2) is 28.6 Å². The molecule has 5 heteroatoms. The minimum atomic E-state index is -0.0780. The van der Waals surface area contributed by atoms with E-state index >= 15 is 0 Å². The summed E-state index contributed by atoms with van der Waals surface area (Å²) in [5, 5.41) is 15.4. The van der Waals surface area contributed by atoms with Crippen LogP contribution in [0, 0.1) is 5.92 Å². The first-order valence-electron chi connectivity index (χ1n) is 7.95. The average Bonchev–Trinajstić information content (AvgIpc) is 3.41. The van der Waals surface area contributed by atoms with Crippen LogP contribution in [0.4, 0.5) is 11.4 Å². The Balaban J connectivity index is 1.61. The Morgan fingerprint density at radius 1 is 1.13 bits per heavy atom. The standard InChI is InChI=1S/C18H21N3O2/c22-12-9-17(13-1-2-13)21-18(23)14-3-5-15(6-4-14)20-16-7-10-19-11-8-16/h3-8,10-11,13,17,22H,1-2,9,12H2,(H,19,20)(H,21,23). The van der Waals surface area contributed by atoms with E-state index in [1.165, 1.54) is 0 Å². The largest absolute Gasteiger partial charge is 0.396 e. The van der Waals surface area contributed by atoms with E-state index in [1.54, 1.807) is 12.4 Å². The summed E-state index contributed by atoms with van der Waals surface area (Å²) in [6, 6.07) is 11.2. The normalized spacial score (nSPS) is 15.0. The number of nitrogens with one attached hydrogen (secondary N) is 2. The highest BCUT2D eigenvalue weighted by Crippen LogP contribution is 2.34. The molecular weight excluding hydrogens is 290 g/mol. The van der Waals surface area contributed by atoms with Gasteiger partial charge in [0, 0.05) is 42.0 Å². The molecule has 0 spiro atoms. The number of carbonyl (C=O) groups is 1. The number of carbonyl (C=O) groups excluding carboxylic acids is 1. The lowest BCUT2D eigenvalue weighted by molar-refractivity contribution is 0.0924. The maximum atomic E-state index is 12.3.